The molecule has 98 valence electrons. The number of hydrogen-bond donors (Lipinski definition) is 2. The Labute approximate surface area is 107 Å². The van der Waals surface area contributed by atoms with E-state index in [2.05, 4.69) is 10.6 Å². The van der Waals surface area contributed by atoms with Gasteiger partial charge in [-0.3, -0.25) is 0 Å². The number of hydrogen-bond acceptors (Lipinski definition) is 2. The molecule has 0 bridgehead atoms. The average Bonchev–Trinajstić information content (AvgIpc) is 2.31. The Bertz CT molecular complexity index is 385. The summed E-state index contributed by atoms with van der Waals surface area (Å²) in [6.07, 6.45) is 0. The average molecular weight is 250 g/mol. The molecule has 2 N–H and O–H groups in total. The van der Waals surface area contributed by atoms with E-state index < -0.39 is 0 Å². The third kappa shape index (κ3) is 3.97. The van der Waals surface area contributed by atoms with Crippen molar-refractivity contribution in [2.24, 2.45) is 0 Å². The molecule has 0 aromatic heterocycles. The van der Waals surface area contributed by atoms with E-state index in [4.69, 9.17) is 0 Å². The van der Waals surface area contributed by atoms with E-state index in [9.17, 15) is 9.59 Å². The van der Waals surface area contributed by atoms with Gasteiger partial charge in [-0.15, -0.1) is 0 Å². The van der Waals surface area contributed by atoms with E-state index in [-0.39, 0.29) is 12.1 Å². The molecular formula is C12H18N4O2. The smallest absolute Gasteiger partial charge is 0.321 e. The van der Waals surface area contributed by atoms with Crippen LogP contribution >= 0.6 is 0 Å². The fourth-order valence-corrected chi connectivity index (χ4v) is 1.11. The van der Waals surface area contributed by atoms with Gasteiger partial charge in [-0.2, -0.15) is 0 Å². The molecule has 0 spiro atoms. The molecule has 0 radical (unpaired) electrons. The Balaban J connectivity index is 2.63. The predicted octanol–water partition coefficient (Wildman–Crippen LogP) is 1.87. The van der Waals surface area contributed by atoms with Crippen LogP contribution in [0.2, 0.25) is 0 Å². The number of rotatable bonds is 2. The van der Waals surface area contributed by atoms with Crippen LogP contribution in [0.1, 0.15) is 0 Å². The lowest BCUT2D eigenvalue weighted by molar-refractivity contribution is 0.230. The second-order valence-electron chi connectivity index (χ2n) is 4.23. The molecule has 0 saturated heterocycles. The van der Waals surface area contributed by atoms with Gasteiger partial charge < -0.3 is 20.4 Å². The molecular weight excluding hydrogens is 232 g/mol. The molecule has 6 heteroatoms. The second kappa shape index (κ2) is 5.90. The quantitative estimate of drug-likeness (QED) is 0.841. The molecule has 0 atom stereocenters. The summed E-state index contributed by atoms with van der Waals surface area (Å²) in [6.45, 7) is 0. The highest BCUT2D eigenvalue weighted by atomic mass is 16.2. The molecule has 0 aliphatic rings. The molecule has 4 amide bonds. The summed E-state index contributed by atoms with van der Waals surface area (Å²) in [6, 6.07) is 6.53. The van der Waals surface area contributed by atoms with Gasteiger partial charge in [0.1, 0.15) is 0 Å². The minimum atomic E-state index is -0.194. The van der Waals surface area contributed by atoms with Gasteiger partial charge in [0, 0.05) is 39.6 Å². The molecule has 1 aromatic rings. The summed E-state index contributed by atoms with van der Waals surface area (Å²) in [7, 11) is 6.67. The van der Waals surface area contributed by atoms with Crippen molar-refractivity contribution in [3.05, 3.63) is 24.3 Å². The SMILES string of the molecule is CN(C)C(=O)Nc1ccc(NC(=O)N(C)C)cc1. The van der Waals surface area contributed by atoms with E-state index in [1.165, 1.54) is 9.80 Å². The van der Waals surface area contributed by atoms with Gasteiger partial charge in [0.15, 0.2) is 0 Å². The maximum absolute atomic E-state index is 11.4. The Morgan fingerprint density at radius 2 is 1.06 bits per heavy atom. The van der Waals surface area contributed by atoms with Crippen LogP contribution in [0.4, 0.5) is 21.0 Å². The Morgan fingerprint density at radius 3 is 1.28 bits per heavy atom. The third-order valence-corrected chi connectivity index (χ3v) is 2.20. The Kier molecular flexibility index (Phi) is 4.53. The van der Waals surface area contributed by atoms with Crippen LogP contribution in [0, 0.1) is 0 Å². The fourth-order valence-electron chi connectivity index (χ4n) is 1.11. The van der Waals surface area contributed by atoms with Crippen LogP contribution in [-0.4, -0.2) is 50.1 Å². The Hall–Kier alpha value is -2.24. The molecule has 1 aromatic carbocycles. The van der Waals surface area contributed by atoms with Crippen LogP contribution < -0.4 is 10.6 Å². The van der Waals surface area contributed by atoms with E-state index in [1.54, 1.807) is 52.5 Å². The highest BCUT2D eigenvalue weighted by Gasteiger charge is 2.05. The lowest BCUT2D eigenvalue weighted by Gasteiger charge is -2.14. The number of urea groups is 2. The van der Waals surface area contributed by atoms with Gasteiger partial charge in [0.25, 0.3) is 0 Å². The van der Waals surface area contributed by atoms with Crippen LogP contribution in [0.3, 0.4) is 0 Å². The molecule has 0 saturated carbocycles. The normalized spacial score (nSPS) is 9.56. The summed E-state index contributed by atoms with van der Waals surface area (Å²) < 4.78 is 0. The van der Waals surface area contributed by atoms with Crippen molar-refractivity contribution in [2.75, 3.05) is 38.8 Å². The van der Waals surface area contributed by atoms with Crippen LogP contribution in [0.25, 0.3) is 0 Å². The molecule has 0 unspecified atom stereocenters. The van der Waals surface area contributed by atoms with E-state index in [0.717, 1.165) is 0 Å². The van der Waals surface area contributed by atoms with Crippen LogP contribution in [0.15, 0.2) is 24.3 Å². The number of amides is 4. The molecule has 0 aliphatic heterocycles. The van der Waals surface area contributed by atoms with Crippen molar-refractivity contribution in [2.45, 2.75) is 0 Å². The number of nitrogens with one attached hydrogen (secondary N) is 2. The zero-order chi connectivity index (χ0) is 13.7. The van der Waals surface area contributed by atoms with Crippen LogP contribution in [-0.2, 0) is 0 Å². The first-order chi connectivity index (χ1) is 8.40. The summed E-state index contributed by atoms with van der Waals surface area (Å²) >= 11 is 0. The summed E-state index contributed by atoms with van der Waals surface area (Å²) in [5.74, 6) is 0. The van der Waals surface area contributed by atoms with Crippen molar-refractivity contribution in [3.8, 4) is 0 Å². The molecule has 0 fully saturated rings. The van der Waals surface area contributed by atoms with Gasteiger partial charge in [-0.1, -0.05) is 0 Å². The standard InChI is InChI=1S/C12H18N4O2/c1-15(2)11(17)13-9-5-7-10(8-6-9)14-12(18)16(3)4/h5-8H,1-4H3,(H,13,17)(H,14,18). The highest BCUT2D eigenvalue weighted by Crippen LogP contribution is 2.14. The van der Waals surface area contributed by atoms with Gasteiger partial charge in [0.05, 0.1) is 0 Å². The number of benzene rings is 1. The second-order valence-corrected chi connectivity index (χ2v) is 4.23. The zero-order valence-electron chi connectivity index (χ0n) is 11.0. The van der Waals surface area contributed by atoms with Crippen molar-refractivity contribution < 1.29 is 9.59 Å². The minimum absolute atomic E-state index is 0.194. The first-order valence-corrected chi connectivity index (χ1v) is 5.47. The number of nitrogens with zero attached hydrogens (tertiary/aromatic N) is 2. The van der Waals surface area contributed by atoms with E-state index >= 15 is 0 Å². The van der Waals surface area contributed by atoms with Crippen molar-refractivity contribution in [3.63, 3.8) is 0 Å². The maximum Gasteiger partial charge on any atom is 0.321 e. The van der Waals surface area contributed by atoms with Gasteiger partial charge >= 0.3 is 12.1 Å². The van der Waals surface area contributed by atoms with Crippen molar-refractivity contribution in [1.82, 2.24) is 9.80 Å². The lowest BCUT2D eigenvalue weighted by Crippen LogP contribution is -2.28. The van der Waals surface area contributed by atoms with Crippen LogP contribution in [0.5, 0.6) is 0 Å². The Morgan fingerprint density at radius 1 is 0.778 bits per heavy atom. The van der Waals surface area contributed by atoms with E-state index in [1.807, 2.05) is 0 Å². The van der Waals surface area contributed by atoms with Gasteiger partial charge in [-0.05, 0) is 24.3 Å². The zero-order valence-corrected chi connectivity index (χ0v) is 11.0. The summed E-state index contributed by atoms with van der Waals surface area (Å²) in [5, 5.41) is 5.42. The van der Waals surface area contributed by atoms with Crippen molar-refractivity contribution >= 4 is 23.4 Å². The van der Waals surface area contributed by atoms with Crippen molar-refractivity contribution in [1.29, 1.82) is 0 Å². The molecule has 18 heavy (non-hydrogen) atoms. The summed E-state index contributed by atoms with van der Waals surface area (Å²) in [5.41, 5.74) is 1.35. The first kappa shape index (κ1) is 13.8. The molecule has 0 aliphatic carbocycles. The predicted molar refractivity (Wildman–Crippen MR) is 71.9 cm³/mol. The fraction of sp³-hybridized carbons (Fsp3) is 0.333. The van der Waals surface area contributed by atoms with Gasteiger partial charge in [-0.25, -0.2) is 9.59 Å². The molecule has 6 nitrogen and oxygen atoms in total. The molecule has 1 rings (SSSR count). The summed E-state index contributed by atoms with van der Waals surface area (Å²) in [4.78, 5) is 25.7. The lowest BCUT2D eigenvalue weighted by atomic mass is 10.3. The largest absolute Gasteiger partial charge is 0.331 e. The first-order valence-electron chi connectivity index (χ1n) is 5.47. The molecule has 0 heterocycles. The minimum Gasteiger partial charge on any atom is -0.331 e. The number of anilines is 2. The monoisotopic (exact) mass is 250 g/mol. The maximum atomic E-state index is 11.4. The number of carbonyl (C=O) groups excluding carboxylic acids is 2. The number of carbonyl (C=O) groups is 2. The highest BCUT2D eigenvalue weighted by molar-refractivity contribution is 5.91. The van der Waals surface area contributed by atoms with E-state index in [0.29, 0.717) is 11.4 Å². The topological polar surface area (TPSA) is 64.7 Å². The van der Waals surface area contributed by atoms with Gasteiger partial charge in [0.2, 0.25) is 0 Å². The third-order valence-electron chi connectivity index (χ3n) is 2.20.